The summed E-state index contributed by atoms with van der Waals surface area (Å²) in [6, 6.07) is 0. The van der Waals surface area contributed by atoms with E-state index < -0.39 is 32.5 Å². The Kier molecular flexibility index (Phi) is 3.79. The second-order valence-corrected chi connectivity index (χ2v) is 9.33. The zero-order valence-electron chi connectivity index (χ0n) is 12.6. The van der Waals surface area contributed by atoms with Crippen molar-refractivity contribution in [2.75, 3.05) is 31.2 Å². The van der Waals surface area contributed by atoms with Crippen LogP contribution in [0.5, 0.6) is 0 Å². The zero-order valence-corrected chi connectivity index (χ0v) is 13.4. The molecule has 2 aliphatic heterocycles. The smallest absolute Gasteiger partial charge is 0.410 e. The predicted molar refractivity (Wildman–Crippen MR) is 75.5 cm³/mol. The molecule has 0 aromatic carbocycles. The van der Waals surface area contributed by atoms with E-state index in [-0.39, 0.29) is 37.6 Å². The maximum atomic E-state index is 11.9. The summed E-state index contributed by atoms with van der Waals surface area (Å²) in [6.07, 6.45) is -0.422. The number of rotatable bonds is 2. The molecule has 8 heteroatoms. The van der Waals surface area contributed by atoms with E-state index in [0.29, 0.717) is 0 Å². The topological polar surface area (TPSA) is 104 Å². The highest BCUT2D eigenvalue weighted by atomic mass is 32.2. The van der Waals surface area contributed by atoms with Gasteiger partial charge in [0.2, 0.25) is 0 Å². The Morgan fingerprint density at radius 2 is 1.90 bits per heavy atom. The van der Waals surface area contributed by atoms with Crippen LogP contribution >= 0.6 is 0 Å². The van der Waals surface area contributed by atoms with Gasteiger partial charge in [-0.1, -0.05) is 0 Å². The van der Waals surface area contributed by atoms with Crippen LogP contribution in [0, 0.1) is 5.41 Å². The molecule has 2 fully saturated rings. The van der Waals surface area contributed by atoms with Crippen LogP contribution in [0.25, 0.3) is 0 Å². The molecule has 0 radical (unpaired) electrons. The zero-order chi connectivity index (χ0) is 16.1. The fourth-order valence-electron chi connectivity index (χ4n) is 2.93. The molecule has 7 nitrogen and oxygen atoms in total. The van der Waals surface area contributed by atoms with E-state index in [2.05, 4.69) is 0 Å². The van der Waals surface area contributed by atoms with Crippen LogP contribution in [-0.2, 0) is 14.6 Å². The molecule has 2 aliphatic rings. The largest absolute Gasteiger partial charge is 0.444 e. The minimum atomic E-state index is -3.29. The van der Waals surface area contributed by atoms with Gasteiger partial charge in [0.15, 0.2) is 9.84 Å². The molecule has 0 saturated carbocycles. The van der Waals surface area contributed by atoms with Crippen LogP contribution < -0.4 is 0 Å². The van der Waals surface area contributed by atoms with Gasteiger partial charge in [-0.2, -0.15) is 0 Å². The molecule has 1 atom stereocenters. The van der Waals surface area contributed by atoms with E-state index >= 15 is 0 Å². The SMILES string of the molecule is CC(C)(C)OC(=O)N1CC(CO)(C2(O)CCS(=O)(=O)C2)C1. The Labute approximate surface area is 124 Å². The molecule has 21 heavy (non-hydrogen) atoms. The fourth-order valence-corrected chi connectivity index (χ4v) is 4.90. The Morgan fingerprint density at radius 3 is 2.29 bits per heavy atom. The summed E-state index contributed by atoms with van der Waals surface area (Å²) in [5, 5.41) is 20.2. The van der Waals surface area contributed by atoms with Gasteiger partial charge in [-0.3, -0.25) is 0 Å². The third-order valence-electron chi connectivity index (χ3n) is 4.21. The van der Waals surface area contributed by atoms with Gasteiger partial charge < -0.3 is 19.8 Å². The first-order chi connectivity index (χ1) is 9.42. The molecule has 2 heterocycles. The van der Waals surface area contributed by atoms with Gasteiger partial charge in [0.05, 0.1) is 29.1 Å². The number of sulfone groups is 1. The van der Waals surface area contributed by atoms with E-state index in [1.807, 2.05) is 0 Å². The molecule has 2 saturated heterocycles. The van der Waals surface area contributed by atoms with Crippen molar-refractivity contribution in [1.82, 2.24) is 4.90 Å². The van der Waals surface area contributed by atoms with Gasteiger partial charge >= 0.3 is 6.09 Å². The third kappa shape index (κ3) is 3.02. The fraction of sp³-hybridized carbons (Fsp3) is 0.923. The van der Waals surface area contributed by atoms with Crippen LogP contribution in [0.4, 0.5) is 4.79 Å². The number of aliphatic hydroxyl groups is 2. The molecular formula is C13H23NO6S. The first-order valence-corrected chi connectivity index (χ1v) is 8.76. The lowest BCUT2D eigenvalue weighted by Crippen LogP contribution is -2.71. The number of carbonyl (C=O) groups is 1. The van der Waals surface area contributed by atoms with Crippen molar-refractivity contribution >= 4 is 15.9 Å². The molecular weight excluding hydrogens is 298 g/mol. The number of aliphatic hydroxyl groups excluding tert-OH is 1. The van der Waals surface area contributed by atoms with Gasteiger partial charge in [0.25, 0.3) is 0 Å². The molecule has 0 aromatic rings. The van der Waals surface area contributed by atoms with Crippen molar-refractivity contribution in [1.29, 1.82) is 0 Å². The molecule has 1 amide bonds. The number of amides is 1. The van der Waals surface area contributed by atoms with Gasteiger partial charge in [0, 0.05) is 13.1 Å². The van der Waals surface area contributed by atoms with Crippen molar-refractivity contribution < 1.29 is 28.2 Å². The number of likely N-dealkylation sites (tertiary alicyclic amines) is 1. The molecule has 0 aliphatic carbocycles. The monoisotopic (exact) mass is 321 g/mol. The van der Waals surface area contributed by atoms with E-state index in [1.165, 1.54) is 4.90 Å². The number of ether oxygens (including phenoxy) is 1. The summed E-state index contributed by atoms with van der Waals surface area (Å²) in [7, 11) is -3.29. The number of nitrogens with zero attached hydrogens (tertiary/aromatic N) is 1. The maximum absolute atomic E-state index is 11.9. The Balaban J connectivity index is 2.06. The summed E-state index contributed by atoms with van der Waals surface area (Å²) in [5.41, 5.74) is -3.07. The Bertz CT molecular complexity index is 531. The first-order valence-electron chi connectivity index (χ1n) is 6.94. The molecule has 2 rings (SSSR count). The van der Waals surface area contributed by atoms with E-state index in [9.17, 15) is 23.4 Å². The molecule has 2 N–H and O–H groups in total. The maximum Gasteiger partial charge on any atom is 0.410 e. The normalized spacial score (nSPS) is 30.8. The van der Waals surface area contributed by atoms with E-state index in [1.54, 1.807) is 20.8 Å². The van der Waals surface area contributed by atoms with Crippen LogP contribution in [0.2, 0.25) is 0 Å². The van der Waals surface area contributed by atoms with Crippen LogP contribution in [0.15, 0.2) is 0 Å². The van der Waals surface area contributed by atoms with E-state index in [0.717, 1.165) is 0 Å². The molecule has 122 valence electrons. The average Bonchev–Trinajstić information content (AvgIpc) is 2.50. The van der Waals surface area contributed by atoms with Crippen molar-refractivity contribution in [3.8, 4) is 0 Å². The molecule has 0 spiro atoms. The van der Waals surface area contributed by atoms with Gasteiger partial charge in [-0.25, -0.2) is 13.2 Å². The number of hydrogen-bond donors (Lipinski definition) is 2. The van der Waals surface area contributed by atoms with Gasteiger partial charge in [-0.15, -0.1) is 0 Å². The van der Waals surface area contributed by atoms with Gasteiger partial charge in [0.1, 0.15) is 5.60 Å². The summed E-state index contributed by atoms with van der Waals surface area (Å²) >= 11 is 0. The molecule has 0 bridgehead atoms. The Morgan fingerprint density at radius 1 is 1.33 bits per heavy atom. The van der Waals surface area contributed by atoms with Crippen LogP contribution in [0.3, 0.4) is 0 Å². The lowest BCUT2D eigenvalue weighted by atomic mass is 9.66. The van der Waals surface area contributed by atoms with Crippen molar-refractivity contribution in [2.45, 2.75) is 38.4 Å². The second-order valence-electron chi connectivity index (χ2n) is 7.15. The first kappa shape index (κ1) is 16.5. The highest BCUT2D eigenvalue weighted by Crippen LogP contribution is 2.46. The quantitative estimate of drug-likeness (QED) is 0.728. The minimum Gasteiger partial charge on any atom is -0.444 e. The predicted octanol–water partition coefficient (Wildman–Crippen LogP) is -0.235. The molecule has 1 unspecified atom stereocenters. The summed E-state index contributed by atoms with van der Waals surface area (Å²) in [5.74, 6) is -0.444. The lowest BCUT2D eigenvalue weighted by molar-refractivity contribution is -0.164. The van der Waals surface area contributed by atoms with Gasteiger partial charge in [-0.05, 0) is 27.2 Å². The van der Waals surface area contributed by atoms with Crippen molar-refractivity contribution in [3.63, 3.8) is 0 Å². The van der Waals surface area contributed by atoms with Crippen molar-refractivity contribution in [2.24, 2.45) is 5.41 Å². The number of carbonyl (C=O) groups excluding carboxylic acids is 1. The third-order valence-corrected chi connectivity index (χ3v) is 5.96. The highest BCUT2D eigenvalue weighted by Gasteiger charge is 2.62. The molecule has 0 aromatic heterocycles. The van der Waals surface area contributed by atoms with E-state index in [4.69, 9.17) is 4.74 Å². The highest BCUT2D eigenvalue weighted by molar-refractivity contribution is 7.91. The van der Waals surface area contributed by atoms with Crippen molar-refractivity contribution in [3.05, 3.63) is 0 Å². The Hall–Kier alpha value is -0.860. The summed E-state index contributed by atoms with van der Waals surface area (Å²) < 4.78 is 28.4. The average molecular weight is 321 g/mol. The lowest BCUT2D eigenvalue weighted by Gasteiger charge is -2.55. The summed E-state index contributed by atoms with van der Waals surface area (Å²) in [4.78, 5) is 13.3. The van der Waals surface area contributed by atoms with Crippen LogP contribution in [-0.4, -0.2) is 72.0 Å². The standard InChI is InChI=1S/C13H23NO6S/c1-11(2,3)20-10(16)14-6-12(7-14,8-15)13(17)4-5-21(18,19)9-13/h15,17H,4-9H2,1-3H3. The second kappa shape index (κ2) is 4.82. The van der Waals surface area contributed by atoms with Crippen LogP contribution in [0.1, 0.15) is 27.2 Å². The summed E-state index contributed by atoms with van der Waals surface area (Å²) in [6.45, 7) is 5.09. The number of hydrogen-bond acceptors (Lipinski definition) is 6. The minimum absolute atomic E-state index is 0.0856.